The third kappa shape index (κ3) is 6.12. The summed E-state index contributed by atoms with van der Waals surface area (Å²) in [6, 6.07) is 39.0. The van der Waals surface area contributed by atoms with Crippen LogP contribution in [0.3, 0.4) is 0 Å². The van der Waals surface area contributed by atoms with Crippen LogP contribution in [-0.2, 0) is 12.4 Å². The number of hydrogen-bond acceptors (Lipinski definition) is 4. The molecule has 0 saturated heterocycles. The van der Waals surface area contributed by atoms with Gasteiger partial charge < -0.3 is 0 Å². The van der Waals surface area contributed by atoms with Gasteiger partial charge in [-0.25, -0.2) is 19.9 Å². The molecule has 0 unspecified atom stereocenters. The Balaban J connectivity index is 1.29. The average molecular weight is 699 g/mol. The first-order valence-corrected chi connectivity index (χ1v) is 16.1. The summed E-state index contributed by atoms with van der Waals surface area (Å²) in [6.07, 6.45) is -9.23. The van der Waals surface area contributed by atoms with Crippen molar-refractivity contribution in [2.75, 3.05) is 0 Å². The lowest BCUT2D eigenvalue weighted by Gasteiger charge is -2.16. The van der Waals surface area contributed by atoms with Crippen LogP contribution in [-0.4, -0.2) is 19.9 Å². The van der Waals surface area contributed by atoms with E-state index in [9.17, 15) is 26.3 Å². The van der Waals surface area contributed by atoms with E-state index in [0.29, 0.717) is 50.0 Å². The first kappa shape index (κ1) is 32.8. The van der Waals surface area contributed by atoms with E-state index in [4.69, 9.17) is 19.9 Å². The smallest absolute Gasteiger partial charge is 0.244 e. The normalized spacial score (nSPS) is 12.0. The number of hydrogen-bond donors (Lipinski definition) is 0. The van der Waals surface area contributed by atoms with Gasteiger partial charge in [-0.3, -0.25) is 0 Å². The van der Waals surface area contributed by atoms with Gasteiger partial charge in [-0.2, -0.15) is 26.3 Å². The minimum atomic E-state index is -4.62. The molecule has 4 nitrogen and oxygen atoms in total. The molecule has 0 saturated carbocycles. The lowest BCUT2D eigenvalue weighted by molar-refractivity contribution is -0.137. The second-order valence-corrected chi connectivity index (χ2v) is 12.1. The lowest BCUT2D eigenvalue weighted by atomic mass is 9.98. The van der Waals surface area contributed by atoms with E-state index in [0.717, 1.165) is 12.1 Å². The van der Waals surface area contributed by atoms with Crippen LogP contribution in [0.25, 0.3) is 78.2 Å². The fraction of sp³-hybridized carbons (Fsp3) is 0.0476. The number of alkyl halides is 6. The summed E-state index contributed by atoms with van der Waals surface area (Å²) >= 11 is 0. The molecular weight excluding hydrogens is 674 g/mol. The minimum Gasteiger partial charge on any atom is -0.244 e. The summed E-state index contributed by atoms with van der Waals surface area (Å²) in [6.45, 7) is 0. The Morgan fingerprint density at radius 2 is 0.654 bits per heavy atom. The molecule has 254 valence electrons. The Morgan fingerprint density at radius 3 is 1.08 bits per heavy atom. The van der Waals surface area contributed by atoms with E-state index in [1.54, 1.807) is 84.9 Å². The number of benzene rings is 6. The van der Waals surface area contributed by atoms with Gasteiger partial charge in [0, 0.05) is 22.3 Å². The number of rotatable bonds is 5. The maximum Gasteiger partial charge on any atom is 0.417 e. The van der Waals surface area contributed by atoms with Gasteiger partial charge in [-0.1, -0.05) is 109 Å². The molecule has 8 aromatic rings. The molecule has 0 N–H and O–H groups in total. The first-order chi connectivity index (χ1) is 25.0. The van der Waals surface area contributed by atoms with Gasteiger partial charge >= 0.3 is 12.4 Å². The summed E-state index contributed by atoms with van der Waals surface area (Å²) < 4.78 is 85.0. The van der Waals surface area contributed by atoms with E-state index in [1.807, 2.05) is 12.1 Å². The molecule has 6 aromatic carbocycles. The highest BCUT2D eigenvalue weighted by molar-refractivity contribution is 5.92. The van der Waals surface area contributed by atoms with Gasteiger partial charge in [0.05, 0.1) is 56.0 Å². The summed E-state index contributed by atoms with van der Waals surface area (Å²) in [5, 5.41) is 0. The summed E-state index contributed by atoms with van der Waals surface area (Å²) in [7, 11) is 0. The van der Waals surface area contributed by atoms with Gasteiger partial charge in [0.25, 0.3) is 0 Å². The first-order valence-electron chi connectivity index (χ1n) is 16.1. The monoisotopic (exact) mass is 698 g/mol. The van der Waals surface area contributed by atoms with Crippen molar-refractivity contribution in [3.63, 3.8) is 0 Å². The second-order valence-electron chi connectivity index (χ2n) is 12.1. The predicted octanol–water partition coefficient (Wildman–Crippen LogP) is 11.9. The molecule has 0 fully saturated rings. The Hall–Kier alpha value is -6.42. The third-order valence-corrected chi connectivity index (χ3v) is 8.73. The van der Waals surface area contributed by atoms with E-state index in [1.165, 1.54) is 36.4 Å². The predicted molar refractivity (Wildman–Crippen MR) is 190 cm³/mol. The Morgan fingerprint density at radius 1 is 0.308 bits per heavy atom. The number of aromatic nitrogens is 4. The molecule has 2 aromatic heterocycles. The molecule has 0 aliphatic carbocycles. The van der Waals surface area contributed by atoms with Crippen molar-refractivity contribution in [2.45, 2.75) is 12.4 Å². The van der Waals surface area contributed by atoms with Crippen LogP contribution in [0.1, 0.15) is 11.1 Å². The molecule has 10 heteroatoms. The Kier molecular flexibility index (Phi) is 8.02. The second kappa shape index (κ2) is 12.7. The molecule has 0 atom stereocenters. The highest BCUT2D eigenvalue weighted by atomic mass is 19.4. The fourth-order valence-corrected chi connectivity index (χ4v) is 6.31. The number of nitrogens with zero attached hydrogens (tertiary/aromatic N) is 4. The Bertz CT molecular complexity index is 2600. The maximum absolute atomic E-state index is 14.2. The van der Waals surface area contributed by atoms with Gasteiger partial charge in [0.1, 0.15) is 0 Å². The maximum atomic E-state index is 14.2. The molecule has 0 aliphatic heterocycles. The van der Waals surface area contributed by atoms with Crippen LogP contribution in [0.15, 0.2) is 146 Å². The molecule has 0 spiro atoms. The van der Waals surface area contributed by atoms with E-state index in [-0.39, 0.29) is 28.2 Å². The van der Waals surface area contributed by atoms with Crippen LogP contribution in [0, 0.1) is 0 Å². The third-order valence-electron chi connectivity index (χ3n) is 8.73. The van der Waals surface area contributed by atoms with Crippen LogP contribution in [0.2, 0.25) is 0 Å². The van der Waals surface area contributed by atoms with Crippen molar-refractivity contribution in [1.29, 1.82) is 0 Å². The van der Waals surface area contributed by atoms with Gasteiger partial charge in [-0.15, -0.1) is 0 Å². The molecule has 0 radical (unpaired) electrons. The fourth-order valence-electron chi connectivity index (χ4n) is 6.31. The van der Waals surface area contributed by atoms with Crippen molar-refractivity contribution < 1.29 is 26.3 Å². The quantitative estimate of drug-likeness (QED) is 0.168. The number of fused-ring (bicyclic) bond motifs is 2. The van der Waals surface area contributed by atoms with E-state index < -0.39 is 23.5 Å². The SMILES string of the molecule is FC(F)(F)c1ccccc1-c1nc2ccc(-c3ccc4nc(-c5ccccc5)c(-c5ccccc5C(F)(F)F)nc4c3)cc2nc1-c1ccccc1. The molecule has 0 amide bonds. The highest BCUT2D eigenvalue weighted by Gasteiger charge is 2.36. The standard InChI is InChI=1S/C42H24F6N4/c43-41(44,45)31-17-9-7-15-29(31)39-38(26-13-5-2-6-14-26)51-35-23-27(20-22-34(35)50-39)28-19-21-33-36(24-28)52-40(37(49-33)25-11-3-1-4-12-25)30-16-8-10-18-32(30)42(46,47)48/h1-24H. The topological polar surface area (TPSA) is 51.6 Å². The zero-order valence-corrected chi connectivity index (χ0v) is 26.9. The summed E-state index contributed by atoms with van der Waals surface area (Å²) in [5.41, 5.74) is 3.24. The minimum absolute atomic E-state index is 0.0850. The number of halogens is 6. The summed E-state index contributed by atoms with van der Waals surface area (Å²) in [5.74, 6) is 0. The highest BCUT2D eigenvalue weighted by Crippen LogP contribution is 2.42. The van der Waals surface area contributed by atoms with Crippen LogP contribution >= 0.6 is 0 Å². The molecule has 0 aliphatic rings. The van der Waals surface area contributed by atoms with E-state index in [2.05, 4.69) is 0 Å². The van der Waals surface area contributed by atoms with E-state index >= 15 is 0 Å². The van der Waals surface area contributed by atoms with Gasteiger partial charge in [0.2, 0.25) is 0 Å². The molecule has 0 bridgehead atoms. The zero-order chi connectivity index (χ0) is 36.0. The molecular formula is C42H24F6N4. The molecule has 2 heterocycles. The van der Waals surface area contributed by atoms with Crippen LogP contribution in [0.5, 0.6) is 0 Å². The average Bonchev–Trinajstić information content (AvgIpc) is 3.16. The zero-order valence-electron chi connectivity index (χ0n) is 26.9. The van der Waals surface area contributed by atoms with Crippen molar-refractivity contribution in [1.82, 2.24) is 19.9 Å². The van der Waals surface area contributed by atoms with Crippen molar-refractivity contribution in [2.24, 2.45) is 0 Å². The van der Waals surface area contributed by atoms with Gasteiger partial charge in [-0.05, 0) is 47.5 Å². The summed E-state index contributed by atoms with van der Waals surface area (Å²) in [4.78, 5) is 19.2. The van der Waals surface area contributed by atoms with Gasteiger partial charge in [0.15, 0.2) is 0 Å². The molecule has 8 rings (SSSR count). The van der Waals surface area contributed by atoms with Crippen LogP contribution < -0.4 is 0 Å². The Labute approximate surface area is 293 Å². The van der Waals surface area contributed by atoms with Crippen LogP contribution in [0.4, 0.5) is 26.3 Å². The van der Waals surface area contributed by atoms with Crippen molar-refractivity contribution in [3.8, 4) is 56.2 Å². The van der Waals surface area contributed by atoms with Crippen molar-refractivity contribution >= 4 is 22.1 Å². The van der Waals surface area contributed by atoms with Crippen molar-refractivity contribution in [3.05, 3.63) is 157 Å². The largest absolute Gasteiger partial charge is 0.417 e. The lowest BCUT2D eigenvalue weighted by Crippen LogP contribution is -2.08. The molecule has 52 heavy (non-hydrogen) atoms.